The average molecular weight is 334 g/mol. The summed E-state index contributed by atoms with van der Waals surface area (Å²) in [6.45, 7) is 2.04. The van der Waals surface area contributed by atoms with E-state index in [1.54, 1.807) is 0 Å². The number of rotatable bonds is 2. The largest absolute Gasteiger partial charge is 0.497 e. The average Bonchev–Trinajstić information content (AvgIpc) is 2.62. The van der Waals surface area contributed by atoms with Crippen LogP contribution in [0.5, 0.6) is 5.75 Å². The second kappa shape index (κ2) is 7.19. The van der Waals surface area contributed by atoms with Crippen LogP contribution in [0.2, 0.25) is 0 Å². The molecule has 0 aliphatic carbocycles. The molecule has 3 heteroatoms. The maximum absolute atomic E-state index is 13.9. The van der Waals surface area contributed by atoms with Crippen molar-refractivity contribution in [1.29, 1.82) is 0 Å². The Morgan fingerprint density at radius 3 is 1.80 bits per heavy atom. The molecule has 0 aromatic heterocycles. The minimum atomic E-state index is -0.736. The lowest BCUT2D eigenvalue weighted by Gasteiger charge is -2.03. The van der Waals surface area contributed by atoms with Crippen molar-refractivity contribution >= 4 is 0 Å². The van der Waals surface area contributed by atoms with Gasteiger partial charge in [0.05, 0.1) is 12.7 Å². The third-order valence-electron chi connectivity index (χ3n) is 3.85. The number of hydrogen-bond acceptors (Lipinski definition) is 1. The highest BCUT2D eigenvalue weighted by atomic mass is 19.1. The molecule has 25 heavy (non-hydrogen) atoms. The Balaban J connectivity index is 1.86. The van der Waals surface area contributed by atoms with Crippen LogP contribution in [0.1, 0.15) is 16.7 Å². The van der Waals surface area contributed by atoms with E-state index in [0.29, 0.717) is 5.56 Å². The standard InChI is InChI=1S/C22H16F2O/c1-15-3-8-17(9-4-15)18-10-5-16(6-11-18)7-12-20-21(23)13-19(25-2)14-22(20)24/h3-6,8-11,13-14H,1-2H3. The maximum Gasteiger partial charge on any atom is 0.145 e. The third kappa shape index (κ3) is 3.87. The van der Waals surface area contributed by atoms with Crippen molar-refractivity contribution in [2.75, 3.05) is 7.11 Å². The molecule has 0 heterocycles. The molecule has 0 bridgehead atoms. The molecule has 0 unspecified atom stereocenters. The zero-order chi connectivity index (χ0) is 17.8. The number of hydrogen-bond donors (Lipinski definition) is 0. The molecular formula is C22H16F2O. The van der Waals surface area contributed by atoms with Crippen LogP contribution in [-0.4, -0.2) is 7.11 Å². The molecule has 0 N–H and O–H groups in total. The Kier molecular flexibility index (Phi) is 4.81. The van der Waals surface area contributed by atoms with E-state index in [9.17, 15) is 8.78 Å². The van der Waals surface area contributed by atoms with E-state index >= 15 is 0 Å². The van der Waals surface area contributed by atoms with E-state index in [-0.39, 0.29) is 11.3 Å². The number of aryl methyl sites for hydroxylation is 1. The van der Waals surface area contributed by atoms with E-state index < -0.39 is 11.6 Å². The molecular weight excluding hydrogens is 318 g/mol. The van der Waals surface area contributed by atoms with Crippen molar-refractivity contribution in [3.8, 4) is 28.7 Å². The Labute approximate surface area is 145 Å². The predicted molar refractivity (Wildman–Crippen MR) is 95.5 cm³/mol. The molecule has 0 saturated heterocycles. The molecule has 3 aromatic rings. The first-order valence-electron chi connectivity index (χ1n) is 7.79. The monoisotopic (exact) mass is 334 g/mol. The summed E-state index contributed by atoms with van der Waals surface area (Å²) in [7, 11) is 1.36. The smallest absolute Gasteiger partial charge is 0.145 e. The van der Waals surface area contributed by atoms with Gasteiger partial charge in [-0.25, -0.2) is 8.78 Å². The van der Waals surface area contributed by atoms with Crippen LogP contribution in [0.15, 0.2) is 60.7 Å². The molecule has 0 aliphatic heterocycles. The summed E-state index contributed by atoms with van der Waals surface area (Å²) in [5.74, 6) is 4.01. The van der Waals surface area contributed by atoms with Gasteiger partial charge in [-0.1, -0.05) is 53.8 Å². The lowest BCUT2D eigenvalue weighted by atomic mass is 10.0. The highest BCUT2D eigenvalue weighted by molar-refractivity contribution is 5.64. The molecule has 1 nitrogen and oxygen atoms in total. The van der Waals surface area contributed by atoms with Crippen LogP contribution in [0, 0.1) is 30.4 Å². The Bertz CT molecular complexity index is 923. The van der Waals surface area contributed by atoms with Crippen molar-refractivity contribution in [1.82, 2.24) is 0 Å². The second-order valence-corrected chi connectivity index (χ2v) is 5.66. The molecule has 0 radical (unpaired) electrons. The molecule has 0 fully saturated rings. The molecule has 0 atom stereocenters. The van der Waals surface area contributed by atoms with Gasteiger partial charge in [-0.15, -0.1) is 0 Å². The normalized spacial score (nSPS) is 10.1. The van der Waals surface area contributed by atoms with Crippen molar-refractivity contribution in [3.05, 3.63) is 89.0 Å². The number of benzene rings is 3. The quantitative estimate of drug-likeness (QED) is 0.574. The number of halogens is 2. The van der Waals surface area contributed by atoms with Crippen molar-refractivity contribution in [2.24, 2.45) is 0 Å². The second-order valence-electron chi connectivity index (χ2n) is 5.66. The summed E-state index contributed by atoms with van der Waals surface area (Å²) in [5.41, 5.74) is 3.80. The summed E-state index contributed by atoms with van der Waals surface area (Å²) >= 11 is 0. The van der Waals surface area contributed by atoms with Crippen LogP contribution in [0.3, 0.4) is 0 Å². The van der Waals surface area contributed by atoms with Crippen molar-refractivity contribution in [2.45, 2.75) is 6.92 Å². The fourth-order valence-corrected chi connectivity index (χ4v) is 2.41. The molecule has 0 amide bonds. The van der Waals surface area contributed by atoms with Gasteiger partial charge in [-0.3, -0.25) is 0 Å². The van der Waals surface area contributed by atoms with Crippen LogP contribution in [-0.2, 0) is 0 Å². The Morgan fingerprint density at radius 2 is 1.28 bits per heavy atom. The lowest BCUT2D eigenvalue weighted by molar-refractivity contribution is 0.406. The zero-order valence-corrected chi connectivity index (χ0v) is 13.9. The fourth-order valence-electron chi connectivity index (χ4n) is 2.41. The van der Waals surface area contributed by atoms with Crippen molar-refractivity contribution in [3.63, 3.8) is 0 Å². The summed E-state index contributed by atoms with van der Waals surface area (Å²) in [6, 6.07) is 18.0. The Morgan fingerprint density at radius 1 is 0.760 bits per heavy atom. The van der Waals surface area contributed by atoms with E-state index in [0.717, 1.165) is 23.3 Å². The highest BCUT2D eigenvalue weighted by Gasteiger charge is 2.09. The van der Waals surface area contributed by atoms with Gasteiger partial charge in [0.2, 0.25) is 0 Å². The van der Waals surface area contributed by atoms with Gasteiger partial charge >= 0.3 is 0 Å². The molecule has 0 aliphatic rings. The van der Waals surface area contributed by atoms with Gasteiger partial charge in [-0.05, 0) is 30.2 Å². The van der Waals surface area contributed by atoms with Crippen LogP contribution >= 0.6 is 0 Å². The molecule has 3 rings (SSSR count). The number of methoxy groups -OCH3 is 1. The van der Waals surface area contributed by atoms with Crippen LogP contribution in [0.25, 0.3) is 11.1 Å². The highest BCUT2D eigenvalue weighted by Crippen LogP contribution is 2.21. The first kappa shape index (κ1) is 16.7. The van der Waals surface area contributed by atoms with E-state index in [4.69, 9.17) is 4.74 Å². The van der Waals surface area contributed by atoms with E-state index in [2.05, 4.69) is 36.1 Å². The van der Waals surface area contributed by atoms with E-state index in [1.807, 2.05) is 31.2 Å². The summed E-state index contributed by atoms with van der Waals surface area (Å²) < 4.78 is 32.6. The van der Waals surface area contributed by atoms with Gasteiger partial charge in [0.15, 0.2) is 0 Å². The SMILES string of the molecule is COc1cc(F)c(C#Cc2ccc(-c3ccc(C)cc3)cc2)c(F)c1. The molecule has 0 saturated carbocycles. The lowest BCUT2D eigenvalue weighted by Crippen LogP contribution is -1.93. The summed E-state index contributed by atoms with van der Waals surface area (Å²) in [4.78, 5) is 0. The fraction of sp³-hybridized carbons (Fsp3) is 0.0909. The zero-order valence-electron chi connectivity index (χ0n) is 13.9. The van der Waals surface area contributed by atoms with Crippen LogP contribution < -0.4 is 4.74 Å². The van der Waals surface area contributed by atoms with E-state index in [1.165, 1.54) is 12.7 Å². The molecule has 0 spiro atoms. The third-order valence-corrected chi connectivity index (χ3v) is 3.85. The topological polar surface area (TPSA) is 9.23 Å². The summed E-state index contributed by atoms with van der Waals surface area (Å²) in [6.07, 6.45) is 0. The minimum absolute atomic E-state index is 0.128. The van der Waals surface area contributed by atoms with Gasteiger partial charge < -0.3 is 4.74 Å². The van der Waals surface area contributed by atoms with Crippen molar-refractivity contribution < 1.29 is 13.5 Å². The molecule has 124 valence electrons. The molecule has 3 aromatic carbocycles. The summed E-state index contributed by atoms with van der Waals surface area (Å²) in [5, 5.41) is 0. The van der Waals surface area contributed by atoms with Gasteiger partial charge in [0, 0.05) is 17.7 Å². The van der Waals surface area contributed by atoms with Crippen LogP contribution in [0.4, 0.5) is 8.78 Å². The predicted octanol–water partition coefficient (Wildman–Crippen LogP) is 5.35. The minimum Gasteiger partial charge on any atom is -0.497 e. The van der Waals surface area contributed by atoms with Gasteiger partial charge in [-0.2, -0.15) is 0 Å². The van der Waals surface area contributed by atoms with Gasteiger partial charge in [0.25, 0.3) is 0 Å². The maximum atomic E-state index is 13.9. The Hall–Kier alpha value is -3.12. The first-order valence-corrected chi connectivity index (χ1v) is 7.79. The first-order chi connectivity index (χ1) is 12.1. The number of ether oxygens (including phenoxy) is 1. The van der Waals surface area contributed by atoms with Gasteiger partial charge in [0.1, 0.15) is 17.4 Å².